The summed E-state index contributed by atoms with van der Waals surface area (Å²) in [5.74, 6) is 0. The lowest BCUT2D eigenvalue weighted by Crippen LogP contribution is -2.21. The Kier molecular flexibility index (Phi) is 4.46. The molecule has 2 amide bonds. The molecule has 4 nitrogen and oxygen atoms in total. The van der Waals surface area contributed by atoms with Crippen LogP contribution in [0.4, 0.5) is 16.2 Å². The van der Waals surface area contributed by atoms with Gasteiger partial charge in [-0.25, -0.2) is 4.79 Å². The van der Waals surface area contributed by atoms with Crippen LogP contribution in [0.5, 0.6) is 0 Å². The number of amides is 2. The van der Waals surface area contributed by atoms with Gasteiger partial charge in [0.25, 0.3) is 0 Å². The minimum Gasteiger partial charge on any atom is -0.326 e. The van der Waals surface area contributed by atoms with Gasteiger partial charge < -0.3 is 16.4 Å². The number of halogens is 1. The Morgan fingerprint density at radius 2 is 1.87 bits per heavy atom. The largest absolute Gasteiger partial charge is 0.326 e. The molecule has 0 fully saturated rings. The van der Waals surface area contributed by atoms with Gasteiger partial charge in [0, 0.05) is 12.6 Å². The van der Waals surface area contributed by atoms with Crippen molar-refractivity contribution in [3.05, 3.63) is 71.2 Å². The van der Waals surface area contributed by atoms with E-state index in [0.29, 0.717) is 16.4 Å². The molecule has 0 heterocycles. The third kappa shape index (κ3) is 3.44. The number of anilines is 2. The van der Waals surface area contributed by atoms with Crippen LogP contribution in [0.25, 0.3) is 10.8 Å². The number of nitrogens with one attached hydrogen (secondary N) is 2. The lowest BCUT2D eigenvalue weighted by Gasteiger charge is -2.12. The number of fused-ring (bicyclic) bond motifs is 1. The number of carbonyl (C=O) groups excluding carboxylic acids is 1. The molecule has 0 aliphatic heterocycles. The Bertz CT molecular complexity index is 864. The summed E-state index contributed by atoms with van der Waals surface area (Å²) >= 11 is 6.13. The van der Waals surface area contributed by atoms with E-state index in [0.717, 1.165) is 16.3 Å². The Labute approximate surface area is 139 Å². The van der Waals surface area contributed by atoms with E-state index in [4.69, 9.17) is 17.3 Å². The Hall–Kier alpha value is -2.56. The van der Waals surface area contributed by atoms with E-state index in [1.165, 1.54) is 0 Å². The zero-order valence-electron chi connectivity index (χ0n) is 12.3. The second-order valence-corrected chi connectivity index (χ2v) is 5.44. The first-order valence-corrected chi connectivity index (χ1v) is 7.51. The van der Waals surface area contributed by atoms with Crippen molar-refractivity contribution in [2.75, 3.05) is 10.6 Å². The second kappa shape index (κ2) is 6.69. The maximum atomic E-state index is 12.2. The standard InChI is InChI=1S/C18H15ClN3O/c19-16-7-3-6-14(11-20)17(16)22-18(23)21-15-9-8-12-4-1-2-5-13(12)10-15/h1-8,10H,11,20H2,(H2,21,22,23). The number of hydrogen-bond acceptors (Lipinski definition) is 2. The van der Waals surface area contributed by atoms with E-state index in [1.807, 2.05) is 42.5 Å². The fraction of sp³-hybridized carbons (Fsp3) is 0.0556. The summed E-state index contributed by atoms with van der Waals surface area (Å²) in [5.41, 5.74) is 7.56. The first-order valence-electron chi connectivity index (χ1n) is 7.13. The molecular formula is C18H15ClN3O. The summed E-state index contributed by atoms with van der Waals surface area (Å²) in [6, 6.07) is 19.6. The predicted molar refractivity (Wildman–Crippen MR) is 94.8 cm³/mol. The maximum Gasteiger partial charge on any atom is 0.323 e. The summed E-state index contributed by atoms with van der Waals surface area (Å²) in [6.45, 7) is 0.290. The molecule has 5 heteroatoms. The third-order valence-electron chi connectivity index (χ3n) is 3.49. The van der Waals surface area contributed by atoms with Crippen LogP contribution in [0, 0.1) is 6.07 Å². The summed E-state index contributed by atoms with van der Waals surface area (Å²) in [6.07, 6.45) is 0. The molecule has 1 radical (unpaired) electrons. The highest BCUT2D eigenvalue weighted by Crippen LogP contribution is 2.26. The molecule has 0 aliphatic rings. The van der Waals surface area contributed by atoms with Crippen LogP contribution in [0.3, 0.4) is 0 Å². The van der Waals surface area contributed by atoms with Crippen molar-refractivity contribution in [1.29, 1.82) is 0 Å². The van der Waals surface area contributed by atoms with Crippen LogP contribution < -0.4 is 16.4 Å². The van der Waals surface area contributed by atoms with Gasteiger partial charge in [0.1, 0.15) is 0 Å². The lowest BCUT2D eigenvalue weighted by molar-refractivity contribution is 0.262. The predicted octanol–water partition coefficient (Wildman–Crippen LogP) is 4.40. The van der Waals surface area contributed by atoms with Crippen molar-refractivity contribution >= 4 is 39.8 Å². The molecular weight excluding hydrogens is 310 g/mol. The third-order valence-corrected chi connectivity index (χ3v) is 3.80. The number of hydrogen-bond donors (Lipinski definition) is 3. The fourth-order valence-electron chi connectivity index (χ4n) is 2.34. The van der Waals surface area contributed by atoms with Gasteiger partial charge in [-0.05, 0) is 34.5 Å². The lowest BCUT2D eigenvalue weighted by atomic mass is 10.1. The molecule has 0 bridgehead atoms. The first kappa shape index (κ1) is 15.3. The minimum atomic E-state index is -0.390. The van der Waals surface area contributed by atoms with Crippen molar-refractivity contribution in [1.82, 2.24) is 0 Å². The first-order chi connectivity index (χ1) is 11.2. The summed E-state index contributed by atoms with van der Waals surface area (Å²) < 4.78 is 0. The van der Waals surface area contributed by atoms with E-state index in [-0.39, 0.29) is 12.6 Å². The van der Waals surface area contributed by atoms with Crippen LogP contribution in [0.2, 0.25) is 5.02 Å². The second-order valence-electron chi connectivity index (χ2n) is 5.03. The van der Waals surface area contributed by atoms with E-state index in [9.17, 15) is 4.79 Å². The Morgan fingerprint density at radius 3 is 2.65 bits per heavy atom. The molecule has 0 unspecified atom stereocenters. The molecule has 0 aliphatic carbocycles. The number of carbonyl (C=O) groups is 1. The van der Waals surface area contributed by atoms with Gasteiger partial charge >= 0.3 is 6.03 Å². The van der Waals surface area contributed by atoms with Gasteiger partial charge in [-0.1, -0.05) is 48.0 Å². The van der Waals surface area contributed by atoms with Gasteiger partial charge in [0.2, 0.25) is 0 Å². The molecule has 115 valence electrons. The number of para-hydroxylation sites is 1. The molecule has 0 spiro atoms. The van der Waals surface area contributed by atoms with Gasteiger partial charge in [-0.2, -0.15) is 0 Å². The monoisotopic (exact) mass is 324 g/mol. The normalized spacial score (nSPS) is 10.5. The molecule has 0 aromatic heterocycles. The van der Waals surface area contributed by atoms with E-state index >= 15 is 0 Å². The maximum absolute atomic E-state index is 12.2. The Balaban J connectivity index is 1.79. The van der Waals surface area contributed by atoms with Gasteiger partial charge in [0.15, 0.2) is 0 Å². The average Bonchev–Trinajstić information content (AvgIpc) is 2.56. The topological polar surface area (TPSA) is 67.1 Å². The van der Waals surface area contributed by atoms with Crippen LogP contribution in [0.1, 0.15) is 5.56 Å². The molecule has 4 N–H and O–H groups in total. The molecule has 0 saturated carbocycles. The smallest absolute Gasteiger partial charge is 0.323 e. The highest BCUT2D eigenvalue weighted by atomic mass is 35.5. The minimum absolute atomic E-state index is 0.290. The molecule has 3 aromatic rings. The van der Waals surface area contributed by atoms with Crippen molar-refractivity contribution in [3.8, 4) is 0 Å². The van der Waals surface area contributed by atoms with E-state index in [1.54, 1.807) is 12.1 Å². The van der Waals surface area contributed by atoms with Crippen LogP contribution in [-0.4, -0.2) is 6.03 Å². The average molecular weight is 325 g/mol. The van der Waals surface area contributed by atoms with Crippen molar-refractivity contribution in [2.45, 2.75) is 6.54 Å². The van der Waals surface area contributed by atoms with Gasteiger partial charge in [-0.3, -0.25) is 0 Å². The summed E-state index contributed by atoms with van der Waals surface area (Å²) in [7, 11) is 0. The van der Waals surface area contributed by atoms with Crippen LogP contribution in [-0.2, 0) is 6.54 Å². The highest BCUT2D eigenvalue weighted by molar-refractivity contribution is 6.34. The number of nitrogens with two attached hydrogens (primary N) is 1. The summed E-state index contributed by atoms with van der Waals surface area (Å²) in [4.78, 5) is 12.2. The molecule has 0 saturated heterocycles. The molecule has 0 atom stereocenters. The summed E-state index contributed by atoms with van der Waals surface area (Å²) in [5, 5.41) is 8.04. The van der Waals surface area contributed by atoms with E-state index < -0.39 is 0 Å². The Morgan fingerprint density at radius 1 is 1.09 bits per heavy atom. The molecule has 3 rings (SSSR count). The quantitative estimate of drug-likeness (QED) is 0.668. The zero-order chi connectivity index (χ0) is 16.2. The van der Waals surface area contributed by atoms with Crippen molar-refractivity contribution in [2.24, 2.45) is 5.73 Å². The molecule has 23 heavy (non-hydrogen) atoms. The van der Waals surface area contributed by atoms with Crippen LogP contribution >= 0.6 is 11.6 Å². The number of benzene rings is 3. The van der Waals surface area contributed by atoms with E-state index in [2.05, 4.69) is 16.7 Å². The molecule has 3 aromatic carbocycles. The SMILES string of the molecule is NCc1cccc(Cl)c1NC(=O)Nc1[c]cc2ccccc2c1. The van der Waals surface area contributed by atoms with Crippen molar-refractivity contribution in [3.63, 3.8) is 0 Å². The number of urea groups is 1. The van der Waals surface area contributed by atoms with Crippen LogP contribution in [0.15, 0.2) is 54.6 Å². The van der Waals surface area contributed by atoms with Crippen molar-refractivity contribution < 1.29 is 4.79 Å². The number of rotatable bonds is 3. The highest BCUT2D eigenvalue weighted by Gasteiger charge is 2.10. The fourth-order valence-corrected chi connectivity index (χ4v) is 2.59. The zero-order valence-corrected chi connectivity index (χ0v) is 13.0. The van der Waals surface area contributed by atoms with Gasteiger partial charge in [-0.15, -0.1) is 0 Å². The van der Waals surface area contributed by atoms with Gasteiger partial charge in [0.05, 0.1) is 16.4 Å².